The Morgan fingerprint density at radius 2 is 1.88 bits per heavy atom. The van der Waals surface area contributed by atoms with Crippen LogP contribution in [0.4, 0.5) is 0 Å². The number of carbonyl (C=O) groups is 2. The molecule has 0 aliphatic heterocycles. The van der Waals surface area contributed by atoms with Crippen molar-refractivity contribution in [1.29, 1.82) is 0 Å². The summed E-state index contributed by atoms with van der Waals surface area (Å²) in [5.74, 6) is 3.20. The molecule has 0 radical (unpaired) electrons. The summed E-state index contributed by atoms with van der Waals surface area (Å²) < 4.78 is 0. The van der Waals surface area contributed by atoms with Crippen molar-refractivity contribution in [2.45, 2.75) is 51.9 Å². The molecule has 0 bridgehead atoms. The van der Waals surface area contributed by atoms with Crippen LogP contribution in [0.3, 0.4) is 0 Å². The maximum atomic E-state index is 12.6. The first-order chi connectivity index (χ1) is 11.1. The zero-order valence-corrected chi connectivity index (χ0v) is 15.0. The zero-order valence-electron chi connectivity index (χ0n) is 15.0. The molecule has 0 spiro atoms. The number of nitrogens with zero attached hydrogens (tertiary/aromatic N) is 2. The molecular formula is C15H30N6O3. The number of amides is 2. The highest BCUT2D eigenvalue weighted by molar-refractivity contribution is 5.93. The van der Waals surface area contributed by atoms with Crippen LogP contribution in [0.15, 0.2) is 17.3 Å². The highest BCUT2D eigenvalue weighted by Gasteiger charge is 2.51. The molecule has 0 aliphatic carbocycles. The zero-order chi connectivity index (χ0) is 19.1. The summed E-state index contributed by atoms with van der Waals surface area (Å²) in [6, 6.07) is -2.08. The molecule has 24 heavy (non-hydrogen) atoms. The van der Waals surface area contributed by atoms with Crippen molar-refractivity contribution >= 4 is 11.8 Å². The molecule has 0 unspecified atom stereocenters. The van der Waals surface area contributed by atoms with Gasteiger partial charge in [-0.15, -0.1) is 0 Å². The summed E-state index contributed by atoms with van der Waals surface area (Å²) >= 11 is 0. The van der Waals surface area contributed by atoms with Crippen LogP contribution in [-0.4, -0.2) is 41.5 Å². The van der Waals surface area contributed by atoms with Gasteiger partial charge in [0, 0.05) is 7.05 Å². The van der Waals surface area contributed by atoms with E-state index in [2.05, 4.69) is 5.18 Å². The predicted molar refractivity (Wildman–Crippen MR) is 93.0 cm³/mol. The largest absolute Gasteiger partial charge is 0.320 e. The minimum Gasteiger partial charge on any atom is -0.320 e. The number of hydrazine groups is 1. The van der Waals surface area contributed by atoms with Crippen molar-refractivity contribution in [2.24, 2.45) is 34.3 Å². The number of rotatable bonds is 9. The number of hydrogen-bond acceptors (Lipinski definition) is 7. The average molecular weight is 342 g/mol. The maximum absolute atomic E-state index is 12.6. The molecule has 0 aromatic heterocycles. The normalized spacial score (nSPS) is 17.9. The second-order valence-electron chi connectivity index (χ2n) is 6.30. The Morgan fingerprint density at radius 1 is 1.33 bits per heavy atom. The lowest BCUT2D eigenvalue weighted by Gasteiger charge is -2.42. The van der Waals surface area contributed by atoms with Gasteiger partial charge in [0.05, 0.1) is 6.04 Å². The highest BCUT2D eigenvalue weighted by Crippen LogP contribution is 2.26. The monoisotopic (exact) mass is 342 g/mol. The first-order valence-corrected chi connectivity index (χ1v) is 7.86. The van der Waals surface area contributed by atoms with Crippen LogP contribution >= 0.6 is 0 Å². The van der Waals surface area contributed by atoms with Crippen LogP contribution in [0.1, 0.15) is 34.1 Å². The Balaban J connectivity index is 5.88. The molecule has 0 rings (SSSR count). The predicted octanol–water partition coefficient (Wildman–Crippen LogP) is -0.190. The van der Waals surface area contributed by atoms with E-state index in [4.69, 9.17) is 17.3 Å². The van der Waals surface area contributed by atoms with E-state index in [-0.39, 0.29) is 5.92 Å². The number of likely N-dealkylation sites (N-methyl/N-ethyl adjacent to an activating group) is 1. The summed E-state index contributed by atoms with van der Waals surface area (Å²) in [6.45, 7) is 7.08. The Bertz CT molecular complexity index is 482. The van der Waals surface area contributed by atoms with Crippen LogP contribution in [0, 0.1) is 16.7 Å². The molecule has 9 heteroatoms. The van der Waals surface area contributed by atoms with Crippen molar-refractivity contribution < 1.29 is 9.59 Å². The van der Waals surface area contributed by atoms with E-state index in [0.717, 1.165) is 4.90 Å². The molecule has 0 heterocycles. The third kappa shape index (κ3) is 4.59. The first-order valence-electron chi connectivity index (χ1n) is 7.86. The van der Waals surface area contributed by atoms with E-state index >= 15 is 0 Å². The molecular weight excluding hydrogens is 312 g/mol. The third-order valence-electron chi connectivity index (χ3n) is 4.23. The highest BCUT2D eigenvalue weighted by atomic mass is 16.3. The Kier molecular flexibility index (Phi) is 8.73. The quantitative estimate of drug-likeness (QED) is 0.114. The second-order valence-corrected chi connectivity index (χ2v) is 6.30. The Labute approximate surface area is 142 Å². The van der Waals surface area contributed by atoms with E-state index in [1.165, 1.54) is 7.05 Å². The van der Waals surface area contributed by atoms with Gasteiger partial charge >= 0.3 is 0 Å². The lowest BCUT2D eigenvalue weighted by Crippen LogP contribution is -2.74. The number of nitroso groups, excluding NO2 is 1. The van der Waals surface area contributed by atoms with Crippen molar-refractivity contribution in [3.63, 3.8) is 0 Å². The van der Waals surface area contributed by atoms with Crippen LogP contribution in [-0.2, 0) is 9.59 Å². The summed E-state index contributed by atoms with van der Waals surface area (Å²) in [5.41, 5.74) is 11.9. The number of allylic oxidation sites excluding steroid dienone is 2. The van der Waals surface area contributed by atoms with Gasteiger partial charge in [-0.1, -0.05) is 38.1 Å². The molecule has 4 atom stereocenters. The topological polar surface area (TPSA) is 157 Å². The third-order valence-corrected chi connectivity index (χ3v) is 4.23. The lowest BCUT2D eigenvalue weighted by molar-refractivity contribution is -0.149. The minimum atomic E-state index is -2.04. The van der Waals surface area contributed by atoms with Gasteiger partial charge in [-0.05, 0) is 25.2 Å². The fourth-order valence-electron chi connectivity index (χ4n) is 2.39. The molecule has 0 saturated heterocycles. The van der Waals surface area contributed by atoms with Gasteiger partial charge in [0.25, 0.3) is 5.91 Å². The van der Waals surface area contributed by atoms with E-state index in [1.807, 2.05) is 24.5 Å². The van der Waals surface area contributed by atoms with Gasteiger partial charge < -0.3 is 10.6 Å². The minimum absolute atomic E-state index is 0.173. The molecule has 0 aliphatic rings. The standard InChI is InChI=1S/C15H30N6O3/c1-6-7-8-10(4)12(20-24)15(17,14(23)19-18)21(5)13(22)11(16)9(2)3/h6-7,9-12H,8,16-18H2,1-5H3,(H,19,23)/b7-6+/t10-,11-,12-,15+/m1/s1. The van der Waals surface area contributed by atoms with Gasteiger partial charge in [0.1, 0.15) is 6.04 Å². The van der Waals surface area contributed by atoms with Gasteiger partial charge in [0.2, 0.25) is 5.91 Å². The fourth-order valence-corrected chi connectivity index (χ4v) is 2.39. The van der Waals surface area contributed by atoms with Gasteiger partial charge in [-0.25, -0.2) is 5.84 Å². The number of carbonyl (C=O) groups excluding carboxylic acids is 2. The molecule has 0 aromatic carbocycles. The van der Waals surface area contributed by atoms with E-state index in [0.29, 0.717) is 6.42 Å². The van der Waals surface area contributed by atoms with Crippen LogP contribution in [0.5, 0.6) is 0 Å². The SMILES string of the molecule is C/C=C/C[C@@H](C)[C@@H](N=O)[C@@](N)(C(=O)NN)N(C)C(=O)[C@H](N)C(C)C. The molecule has 0 aromatic rings. The lowest BCUT2D eigenvalue weighted by atomic mass is 9.85. The van der Waals surface area contributed by atoms with Crippen molar-refractivity contribution in [3.05, 3.63) is 17.1 Å². The summed E-state index contributed by atoms with van der Waals surface area (Å²) in [7, 11) is 1.32. The van der Waals surface area contributed by atoms with Gasteiger partial charge in [-0.2, -0.15) is 4.91 Å². The van der Waals surface area contributed by atoms with E-state index in [9.17, 15) is 14.5 Å². The maximum Gasteiger partial charge on any atom is 0.277 e. The smallest absolute Gasteiger partial charge is 0.277 e. The molecule has 0 fully saturated rings. The van der Waals surface area contributed by atoms with Gasteiger partial charge in [0.15, 0.2) is 5.66 Å². The molecule has 9 nitrogen and oxygen atoms in total. The molecule has 0 saturated carbocycles. The number of nitrogens with one attached hydrogen (secondary N) is 1. The number of nitrogens with two attached hydrogens (primary N) is 3. The van der Waals surface area contributed by atoms with Crippen LogP contribution in [0.25, 0.3) is 0 Å². The van der Waals surface area contributed by atoms with Crippen molar-refractivity contribution in [1.82, 2.24) is 10.3 Å². The summed E-state index contributed by atoms with van der Waals surface area (Å²) in [4.78, 5) is 37.3. The molecule has 7 N–H and O–H groups in total. The molecule has 2 amide bonds. The van der Waals surface area contributed by atoms with E-state index in [1.54, 1.807) is 20.8 Å². The van der Waals surface area contributed by atoms with Gasteiger partial charge in [-0.3, -0.25) is 20.7 Å². The van der Waals surface area contributed by atoms with Crippen molar-refractivity contribution in [3.8, 4) is 0 Å². The summed E-state index contributed by atoms with van der Waals surface area (Å²) in [5, 5.41) is 3.03. The fraction of sp³-hybridized carbons (Fsp3) is 0.733. The summed E-state index contributed by atoms with van der Waals surface area (Å²) in [6.07, 6.45) is 4.09. The molecule has 138 valence electrons. The Morgan fingerprint density at radius 3 is 2.25 bits per heavy atom. The Hall–Kier alpha value is -1.84. The van der Waals surface area contributed by atoms with E-state index < -0.39 is 35.5 Å². The van der Waals surface area contributed by atoms with Crippen molar-refractivity contribution in [2.75, 3.05) is 7.05 Å². The number of hydrogen-bond donors (Lipinski definition) is 4. The second kappa shape index (κ2) is 9.45. The van der Waals surface area contributed by atoms with Crippen LogP contribution in [0.2, 0.25) is 0 Å². The first kappa shape index (κ1) is 22.2. The average Bonchev–Trinajstić information content (AvgIpc) is 2.56. The van der Waals surface area contributed by atoms with Crippen LogP contribution < -0.4 is 22.7 Å².